The van der Waals surface area contributed by atoms with Gasteiger partial charge in [-0.2, -0.15) is 4.39 Å². The smallest absolute Gasteiger partial charge is 0.307 e. The maximum absolute atomic E-state index is 15.0. The number of halogens is 2. The molecular formula is C28H30F2N4O3. The summed E-state index contributed by atoms with van der Waals surface area (Å²) in [4.78, 5) is 26.5. The van der Waals surface area contributed by atoms with Crippen LogP contribution in [-0.2, 0) is 29.2 Å². The predicted molar refractivity (Wildman–Crippen MR) is 136 cm³/mol. The van der Waals surface area contributed by atoms with Gasteiger partial charge in [-0.3, -0.25) is 9.69 Å². The van der Waals surface area contributed by atoms with Gasteiger partial charge in [-0.25, -0.2) is 14.4 Å². The number of carbonyl (C=O) groups is 1. The van der Waals surface area contributed by atoms with Gasteiger partial charge in [-0.05, 0) is 61.6 Å². The van der Waals surface area contributed by atoms with Gasteiger partial charge in [-0.1, -0.05) is 36.3 Å². The van der Waals surface area contributed by atoms with Crippen molar-refractivity contribution < 1.29 is 23.5 Å². The molecule has 7 nitrogen and oxygen atoms in total. The van der Waals surface area contributed by atoms with Crippen molar-refractivity contribution in [2.75, 3.05) is 13.1 Å². The maximum atomic E-state index is 15.0. The van der Waals surface area contributed by atoms with Crippen molar-refractivity contribution in [1.29, 1.82) is 0 Å². The SMILES string of the molecule is CCc1cc(/C(C)=N/OCc2ccc(-c3cnc(F)cn3)c(C)c2F)ccc1CN1CC[C@H](C(=O)O)C1. The summed E-state index contributed by atoms with van der Waals surface area (Å²) in [6.45, 7) is 7.58. The summed E-state index contributed by atoms with van der Waals surface area (Å²) in [6, 6.07) is 9.42. The number of oxime groups is 1. The zero-order chi connectivity index (χ0) is 26.5. The lowest BCUT2D eigenvalue weighted by Crippen LogP contribution is -2.23. The first-order chi connectivity index (χ1) is 17.8. The van der Waals surface area contributed by atoms with Crippen molar-refractivity contribution in [2.24, 2.45) is 11.1 Å². The molecule has 1 aliphatic heterocycles. The van der Waals surface area contributed by atoms with Crippen molar-refractivity contribution in [2.45, 2.75) is 46.8 Å². The van der Waals surface area contributed by atoms with E-state index in [-0.39, 0.29) is 12.5 Å². The largest absolute Gasteiger partial charge is 0.481 e. The topological polar surface area (TPSA) is 87.9 Å². The third-order valence-corrected chi connectivity index (χ3v) is 6.80. The minimum Gasteiger partial charge on any atom is -0.481 e. The molecule has 0 unspecified atom stereocenters. The summed E-state index contributed by atoms with van der Waals surface area (Å²) in [7, 11) is 0. The van der Waals surface area contributed by atoms with Gasteiger partial charge in [0.25, 0.3) is 0 Å². The van der Waals surface area contributed by atoms with E-state index in [0.717, 1.165) is 31.3 Å². The van der Waals surface area contributed by atoms with Crippen LogP contribution in [0.3, 0.4) is 0 Å². The first-order valence-electron chi connectivity index (χ1n) is 12.3. The molecule has 1 aromatic heterocycles. The molecule has 0 radical (unpaired) electrons. The fourth-order valence-electron chi connectivity index (χ4n) is 4.59. The monoisotopic (exact) mass is 508 g/mol. The second kappa shape index (κ2) is 11.6. The molecule has 0 spiro atoms. The Kier molecular flexibility index (Phi) is 8.23. The molecule has 9 heteroatoms. The number of benzene rings is 2. The Morgan fingerprint density at radius 3 is 2.62 bits per heavy atom. The molecule has 4 rings (SSSR count). The molecule has 37 heavy (non-hydrogen) atoms. The minimum atomic E-state index is -0.728. The minimum absolute atomic E-state index is 0.0438. The molecule has 1 fully saturated rings. The van der Waals surface area contributed by atoms with E-state index in [9.17, 15) is 18.7 Å². The lowest BCUT2D eigenvalue weighted by Gasteiger charge is -2.18. The van der Waals surface area contributed by atoms with Crippen molar-refractivity contribution in [3.8, 4) is 11.3 Å². The number of carboxylic acids is 1. The van der Waals surface area contributed by atoms with Crippen LogP contribution < -0.4 is 0 Å². The summed E-state index contributed by atoms with van der Waals surface area (Å²) in [5, 5.41) is 13.4. The first-order valence-corrected chi connectivity index (χ1v) is 12.3. The highest BCUT2D eigenvalue weighted by Gasteiger charge is 2.28. The van der Waals surface area contributed by atoms with Gasteiger partial charge in [0.2, 0.25) is 5.95 Å². The number of aromatic nitrogens is 2. The van der Waals surface area contributed by atoms with E-state index in [2.05, 4.69) is 39.1 Å². The molecule has 0 amide bonds. The van der Waals surface area contributed by atoms with Crippen molar-refractivity contribution in [3.05, 3.63) is 82.3 Å². The Labute approximate surface area is 214 Å². The quantitative estimate of drug-likeness (QED) is 0.318. The third kappa shape index (κ3) is 6.17. The molecule has 1 aliphatic rings. The van der Waals surface area contributed by atoms with Crippen LogP contribution in [0.1, 0.15) is 48.1 Å². The first kappa shape index (κ1) is 26.3. The summed E-state index contributed by atoms with van der Waals surface area (Å²) in [5.74, 6) is -2.15. The lowest BCUT2D eigenvalue weighted by atomic mass is 9.99. The van der Waals surface area contributed by atoms with Crippen LogP contribution >= 0.6 is 0 Å². The van der Waals surface area contributed by atoms with Gasteiger partial charge in [0.05, 0.1) is 29.7 Å². The molecule has 2 heterocycles. The zero-order valence-electron chi connectivity index (χ0n) is 21.2. The van der Waals surface area contributed by atoms with Gasteiger partial charge >= 0.3 is 5.97 Å². The zero-order valence-corrected chi connectivity index (χ0v) is 21.2. The highest BCUT2D eigenvalue weighted by atomic mass is 19.1. The molecule has 1 saturated heterocycles. The average Bonchev–Trinajstić information content (AvgIpc) is 3.36. The molecule has 0 bridgehead atoms. The molecule has 0 aliphatic carbocycles. The maximum Gasteiger partial charge on any atom is 0.307 e. The molecule has 194 valence electrons. The van der Waals surface area contributed by atoms with Crippen molar-refractivity contribution in [1.82, 2.24) is 14.9 Å². The van der Waals surface area contributed by atoms with E-state index in [0.29, 0.717) is 41.1 Å². The number of carboxylic acid groups (broad SMARTS) is 1. The third-order valence-electron chi connectivity index (χ3n) is 6.80. The second-order valence-corrected chi connectivity index (χ2v) is 9.28. The molecule has 2 aromatic carbocycles. The highest BCUT2D eigenvalue weighted by Crippen LogP contribution is 2.26. The Morgan fingerprint density at radius 2 is 1.95 bits per heavy atom. The number of rotatable bonds is 9. The summed E-state index contributed by atoms with van der Waals surface area (Å²) >= 11 is 0. The fraction of sp³-hybridized carbons (Fsp3) is 0.357. The van der Waals surface area contributed by atoms with Crippen molar-refractivity contribution in [3.63, 3.8) is 0 Å². The van der Waals surface area contributed by atoms with Gasteiger partial charge in [0.1, 0.15) is 12.4 Å². The highest BCUT2D eigenvalue weighted by molar-refractivity contribution is 5.98. The van der Waals surface area contributed by atoms with Crippen LogP contribution in [0.25, 0.3) is 11.3 Å². The van der Waals surface area contributed by atoms with E-state index in [1.807, 2.05) is 13.0 Å². The molecule has 1 N–H and O–H groups in total. The molecular weight excluding hydrogens is 478 g/mol. The number of aliphatic carboxylic acids is 1. The van der Waals surface area contributed by atoms with Gasteiger partial charge in [0.15, 0.2) is 0 Å². The molecule has 3 aromatic rings. The van der Waals surface area contributed by atoms with Crippen LogP contribution in [0.2, 0.25) is 0 Å². The van der Waals surface area contributed by atoms with Crippen LogP contribution in [0.4, 0.5) is 8.78 Å². The molecule has 1 atom stereocenters. The van der Waals surface area contributed by atoms with E-state index in [1.165, 1.54) is 17.3 Å². The van der Waals surface area contributed by atoms with E-state index in [4.69, 9.17) is 4.84 Å². The van der Waals surface area contributed by atoms with E-state index < -0.39 is 17.7 Å². The van der Waals surface area contributed by atoms with Crippen molar-refractivity contribution >= 4 is 11.7 Å². The Balaban J connectivity index is 1.41. The van der Waals surface area contributed by atoms with Crippen LogP contribution in [0, 0.1) is 24.6 Å². The van der Waals surface area contributed by atoms with E-state index >= 15 is 0 Å². The number of nitrogens with zero attached hydrogens (tertiary/aromatic N) is 4. The normalized spacial score (nSPS) is 16.2. The standard InChI is InChI=1S/C28H30F2N4O3/c1-4-19-11-20(5-6-21(19)14-34-10-9-22(15-34)28(35)36)18(3)33-37-16-23-7-8-24(17(2)27(23)30)25-12-32-26(29)13-31-25/h5-8,11-13,22H,4,9-10,14-16H2,1-3H3,(H,35,36)/b33-18+/t22-/m0/s1. The van der Waals surface area contributed by atoms with Crippen LogP contribution in [0.5, 0.6) is 0 Å². The fourth-order valence-corrected chi connectivity index (χ4v) is 4.59. The Bertz CT molecular complexity index is 1310. The summed E-state index contributed by atoms with van der Waals surface area (Å²) in [6.07, 6.45) is 3.79. The summed E-state index contributed by atoms with van der Waals surface area (Å²) < 4.78 is 28.0. The number of hydrogen-bond acceptors (Lipinski definition) is 6. The Hall–Kier alpha value is -3.72. The number of hydrogen-bond donors (Lipinski definition) is 1. The predicted octanol–water partition coefficient (Wildman–Crippen LogP) is 5.14. The lowest BCUT2D eigenvalue weighted by molar-refractivity contribution is -0.141. The van der Waals surface area contributed by atoms with E-state index in [1.54, 1.807) is 19.1 Å². The molecule has 0 saturated carbocycles. The Morgan fingerprint density at radius 1 is 1.16 bits per heavy atom. The second-order valence-electron chi connectivity index (χ2n) is 9.28. The van der Waals surface area contributed by atoms with Crippen LogP contribution in [0.15, 0.2) is 47.9 Å². The summed E-state index contributed by atoms with van der Waals surface area (Å²) in [5.41, 5.74) is 5.58. The van der Waals surface area contributed by atoms with Gasteiger partial charge in [-0.15, -0.1) is 0 Å². The number of aryl methyl sites for hydroxylation is 1. The average molecular weight is 509 g/mol. The van der Waals surface area contributed by atoms with Crippen LogP contribution in [-0.4, -0.2) is 44.7 Å². The van der Waals surface area contributed by atoms with Gasteiger partial charge < -0.3 is 9.94 Å². The number of likely N-dealkylation sites (tertiary alicyclic amines) is 1. The van der Waals surface area contributed by atoms with Gasteiger partial charge in [0, 0.05) is 24.2 Å².